The van der Waals surface area contributed by atoms with E-state index >= 15 is 0 Å². The van der Waals surface area contributed by atoms with E-state index < -0.39 is 17.6 Å². The Kier molecular flexibility index (Phi) is 4.94. The Morgan fingerprint density at radius 3 is 2.74 bits per heavy atom. The van der Waals surface area contributed by atoms with Crippen LogP contribution in [0, 0.1) is 0 Å². The molecule has 0 aliphatic rings. The molecule has 0 spiro atoms. The highest BCUT2D eigenvalue weighted by Gasteiger charge is 2.30. The summed E-state index contributed by atoms with van der Waals surface area (Å²) in [4.78, 5) is 15.5. The molecule has 0 aromatic carbocycles. The van der Waals surface area contributed by atoms with Gasteiger partial charge >= 0.3 is 6.18 Å². The number of carbonyl (C=O) groups excluding carboxylic acids is 1. The lowest BCUT2D eigenvalue weighted by atomic mass is 10.2. The lowest BCUT2D eigenvalue weighted by molar-refractivity contribution is -0.137. The summed E-state index contributed by atoms with van der Waals surface area (Å²) in [6, 6.07) is 1.99. The molecule has 0 saturated carbocycles. The predicted octanol–water partition coefficient (Wildman–Crippen LogP) is 1.15. The Morgan fingerprint density at radius 1 is 1.43 bits per heavy atom. The summed E-state index contributed by atoms with van der Waals surface area (Å²) in [5.41, 5.74) is 4.74. The summed E-state index contributed by atoms with van der Waals surface area (Å²) in [5, 5.41) is 9.97. The molecule has 0 aliphatic heterocycles. The molecule has 0 saturated heterocycles. The van der Waals surface area contributed by atoms with E-state index in [2.05, 4.69) is 20.6 Å². The second kappa shape index (κ2) is 6.73. The summed E-state index contributed by atoms with van der Waals surface area (Å²) < 4.78 is 38.5. The van der Waals surface area contributed by atoms with Gasteiger partial charge in [-0.3, -0.25) is 4.79 Å². The monoisotopic (exact) mass is 328 g/mol. The van der Waals surface area contributed by atoms with Gasteiger partial charge in [-0.15, -0.1) is 5.10 Å². The predicted molar refractivity (Wildman–Crippen MR) is 74.8 cm³/mol. The van der Waals surface area contributed by atoms with Crippen molar-refractivity contribution in [1.29, 1.82) is 0 Å². The summed E-state index contributed by atoms with van der Waals surface area (Å²) in [5.74, 6) is -0.316. The first-order chi connectivity index (χ1) is 10.8. The number of hydrogen-bond acceptors (Lipinski definition) is 5. The van der Waals surface area contributed by atoms with Crippen LogP contribution in [0.4, 0.5) is 13.2 Å². The molecular formula is C13H15F3N6O. The zero-order valence-electron chi connectivity index (χ0n) is 12.2. The van der Waals surface area contributed by atoms with E-state index in [1.54, 1.807) is 0 Å². The number of amides is 1. The van der Waals surface area contributed by atoms with Crippen molar-refractivity contribution in [2.45, 2.75) is 25.6 Å². The number of carbonyl (C=O) groups is 1. The van der Waals surface area contributed by atoms with Crippen LogP contribution in [-0.2, 0) is 6.18 Å². The molecule has 124 valence electrons. The van der Waals surface area contributed by atoms with Crippen LogP contribution in [0.25, 0.3) is 5.82 Å². The van der Waals surface area contributed by atoms with Crippen molar-refractivity contribution >= 4 is 5.91 Å². The minimum Gasteiger partial charge on any atom is -0.351 e. The van der Waals surface area contributed by atoms with Gasteiger partial charge in [0.05, 0.1) is 11.8 Å². The Balaban J connectivity index is 2.05. The highest BCUT2D eigenvalue weighted by molar-refractivity contribution is 5.91. The maximum atomic E-state index is 12.5. The molecule has 0 aliphatic carbocycles. The van der Waals surface area contributed by atoms with E-state index in [1.165, 1.54) is 6.20 Å². The standard InChI is InChI=1S/C13H15F3N6O/c1-8(17)4-5-18-12(23)10-7-22(21-20-10)11-3-2-9(6-19-11)13(14,15)16/h2-3,6-8H,4-5,17H2,1H3,(H,18,23). The minimum absolute atomic E-state index is 0.0383. The van der Waals surface area contributed by atoms with Gasteiger partial charge < -0.3 is 11.1 Å². The number of nitrogens with zero attached hydrogens (tertiary/aromatic N) is 4. The van der Waals surface area contributed by atoms with Crippen LogP contribution in [0.3, 0.4) is 0 Å². The molecule has 0 bridgehead atoms. The molecule has 10 heteroatoms. The van der Waals surface area contributed by atoms with Crippen molar-refractivity contribution in [3.05, 3.63) is 35.8 Å². The molecule has 1 atom stereocenters. The molecule has 23 heavy (non-hydrogen) atoms. The second-order valence-corrected chi connectivity index (χ2v) is 4.97. The van der Waals surface area contributed by atoms with Crippen LogP contribution in [0.5, 0.6) is 0 Å². The summed E-state index contributed by atoms with van der Waals surface area (Å²) in [7, 11) is 0. The fourth-order valence-corrected chi connectivity index (χ4v) is 1.67. The van der Waals surface area contributed by atoms with Crippen LogP contribution in [0.15, 0.2) is 24.5 Å². The average molecular weight is 328 g/mol. The summed E-state index contributed by atoms with van der Waals surface area (Å²) in [6.45, 7) is 2.21. The molecule has 1 unspecified atom stereocenters. The maximum absolute atomic E-state index is 12.5. The number of halogens is 3. The molecule has 2 rings (SSSR count). The third-order valence-electron chi connectivity index (χ3n) is 2.92. The van der Waals surface area contributed by atoms with E-state index in [0.717, 1.165) is 16.8 Å². The van der Waals surface area contributed by atoms with Crippen LogP contribution in [-0.4, -0.2) is 38.5 Å². The van der Waals surface area contributed by atoms with E-state index in [1.807, 2.05) is 6.92 Å². The first-order valence-corrected chi connectivity index (χ1v) is 6.77. The van der Waals surface area contributed by atoms with Crippen molar-refractivity contribution in [2.24, 2.45) is 5.73 Å². The summed E-state index contributed by atoms with van der Waals surface area (Å²) in [6.07, 6.45) is -1.87. The molecule has 0 radical (unpaired) electrons. The fourth-order valence-electron chi connectivity index (χ4n) is 1.67. The number of aromatic nitrogens is 4. The highest BCUT2D eigenvalue weighted by atomic mass is 19.4. The molecule has 0 fully saturated rings. The lowest BCUT2D eigenvalue weighted by Crippen LogP contribution is -2.29. The van der Waals surface area contributed by atoms with E-state index in [-0.39, 0.29) is 17.6 Å². The number of alkyl halides is 3. The van der Waals surface area contributed by atoms with Crippen LogP contribution in [0.1, 0.15) is 29.4 Å². The van der Waals surface area contributed by atoms with Gasteiger partial charge in [0.15, 0.2) is 11.5 Å². The van der Waals surface area contributed by atoms with Gasteiger partial charge in [0.2, 0.25) is 0 Å². The van der Waals surface area contributed by atoms with Gasteiger partial charge in [0.25, 0.3) is 5.91 Å². The van der Waals surface area contributed by atoms with Crippen molar-refractivity contribution < 1.29 is 18.0 Å². The molecular weight excluding hydrogens is 313 g/mol. The number of hydrogen-bond donors (Lipinski definition) is 2. The number of nitrogens with one attached hydrogen (secondary N) is 1. The Bertz CT molecular complexity index is 665. The van der Waals surface area contributed by atoms with Gasteiger partial charge in [0.1, 0.15) is 0 Å². The van der Waals surface area contributed by atoms with Crippen LogP contribution >= 0.6 is 0 Å². The van der Waals surface area contributed by atoms with E-state index in [9.17, 15) is 18.0 Å². The van der Waals surface area contributed by atoms with E-state index in [0.29, 0.717) is 19.2 Å². The van der Waals surface area contributed by atoms with Gasteiger partial charge in [0, 0.05) is 18.8 Å². The SMILES string of the molecule is CC(N)CCNC(=O)c1cn(-c2ccc(C(F)(F)F)cn2)nn1. The average Bonchev–Trinajstić information content (AvgIpc) is 2.96. The Hall–Kier alpha value is -2.49. The smallest absolute Gasteiger partial charge is 0.351 e. The second-order valence-electron chi connectivity index (χ2n) is 4.97. The van der Waals surface area contributed by atoms with Crippen LogP contribution < -0.4 is 11.1 Å². The van der Waals surface area contributed by atoms with Gasteiger partial charge in [-0.25, -0.2) is 9.67 Å². The third-order valence-corrected chi connectivity index (χ3v) is 2.92. The Labute approximate surface area is 129 Å². The molecule has 7 nitrogen and oxygen atoms in total. The number of nitrogens with two attached hydrogens (primary N) is 1. The third kappa shape index (κ3) is 4.49. The normalized spacial score (nSPS) is 12.9. The van der Waals surface area contributed by atoms with Crippen molar-refractivity contribution in [3.63, 3.8) is 0 Å². The zero-order chi connectivity index (χ0) is 17.0. The van der Waals surface area contributed by atoms with Crippen LogP contribution in [0.2, 0.25) is 0 Å². The van der Waals surface area contributed by atoms with Crippen molar-refractivity contribution in [3.8, 4) is 5.82 Å². The molecule has 2 aromatic rings. The zero-order valence-corrected chi connectivity index (χ0v) is 12.2. The van der Waals surface area contributed by atoms with Gasteiger partial charge in [-0.1, -0.05) is 5.21 Å². The van der Waals surface area contributed by atoms with Gasteiger partial charge in [-0.05, 0) is 25.5 Å². The number of rotatable bonds is 5. The lowest BCUT2D eigenvalue weighted by Gasteiger charge is -2.06. The molecule has 1 amide bonds. The highest BCUT2D eigenvalue weighted by Crippen LogP contribution is 2.28. The number of pyridine rings is 1. The minimum atomic E-state index is -4.46. The van der Waals surface area contributed by atoms with Gasteiger partial charge in [-0.2, -0.15) is 13.2 Å². The quantitative estimate of drug-likeness (QED) is 0.858. The summed E-state index contributed by atoms with van der Waals surface area (Å²) >= 11 is 0. The molecule has 3 N–H and O–H groups in total. The largest absolute Gasteiger partial charge is 0.417 e. The van der Waals surface area contributed by atoms with Crippen molar-refractivity contribution in [1.82, 2.24) is 25.3 Å². The molecule has 2 aromatic heterocycles. The fraction of sp³-hybridized carbons (Fsp3) is 0.385. The Morgan fingerprint density at radius 2 is 2.17 bits per heavy atom. The molecule has 2 heterocycles. The van der Waals surface area contributed by atoms with E-state index in [4.69, 9.17) is 5.73 Å². The maximum Gasteiger partial charge on any atom is 0.417 e. The first-order valence-electron chi connectivity index (χ1n) is 6.77. The first kappa shape index (κ1) is 16.9. The van der Waals surface area contributed by atoms with Crippen molar-refractivity contribution in [2.75, 3.05) is 6.54 Å². The topological polar surface area (TPSA) is 98.7 Å².